The molecule has 0 saturated heterocycles. The second kappa shape index (κ2) is 4.70. The molecule has 0 fully saturated rings. The van der Waals surface area contributed by atoms with Crippen molar-refractivity contribution < 1.29 is 0 Å². The number of rotatable bonds is 1. The summed E-state index contributed by atoms with van der Waals surface area (Å²) in [5.41, 5.74) is 2.75. The molecule has 0 aromatic heterocycles. The van der Waals surface area contributed by atoms with Gasteiger partial charge in [0.05, 0.1) is 7.74 Å². The summed E-state index contributed by atoms with van der Waals surface area (Å²) < 4.78 is 0. The highest BCUT2D eigenvalue weighted by atomic mass is 14.1. The van der Waals surface area contributed by atoms with Gasteiger partial charge in [-0.25, -0.2) is 0 Å². The maximum atomic E-state index is 2.32. The lowest BCUT2D eigenvalue weighted by Gasteiger charge is -2.13. The van der Waals surface area contributed by atoms with Gasteiger partial charge in [0.1, 0.15) is 15.0 Å². The van der Waals surface area contributed by atoms with Gasteiger partial charge in [0, 0.05) is 0 Å². The summed E-state index contributed by atoms with van der Waals surface area (Å²) in [4.78, 5) is 0. The van der Waals surface area contributed by atoms with E-state index in [9.17, 15) is 0 Å². The van der Waals surface area contributed by atoms with Crippen molar-refractivity contribution in [2.45, 2.75) is 0 Å². The maximum Gasteiger partial charge on any atom is 0.139 e. The second-order valence-corrected chi connectivity index (χ2v) is 5.79. The highest BCUT2D eigenvalue weighted by Crippen LogP contribution is 2.33. The molecular formula is C18H15B3. The molecule has 0 spiro atoms. The molecule has 4 rings (SSSR count). The van der Waals surface area contributed by atoms with Crippen molar-refractivity contribution in [3.63, 3.8) is 0 Å². The standard InChI is InChI=1S/C18H15B3/c19-11-8-9-13-15-6-3-7-17(21-20)18(15)14-5-2-1-4-12(14)16(13)10-11/h1-10,21H,19-20H2. The third kappa shape index (κ3) is 1.81. The van der Waals surface area contributed by atoms with Crippen LogP contribution in [-0.4, -0.2) is 22.8 Å². The van der Waals surface area contributed by atoms with Gasteiger partial charge >= 0.3 is 0 Å². The van der Waals surface area contributed by atoms with Crippen molar-refractivity contribution in [2.24, 2.45) is 0 Å². The van der Waals surface area contributed by atoms with Crippen LogP contribution in [-0.2, 0) is 0 Å². The van der Waals surface area contributed by atoms with Crippen LogP contribution >= 0.6 is 0 Å². The lowest BCUT2D eigenvalue weighted by atomic mass is 9.50. The quantitative estimate of drug-likeness (QED) is 0.355. The second-order valence-electron chi connectivity index (χ2n) is 5.79. The summed E-state index contributed by atoms with van der Waals surface area (Å²) in [6.07, 6.45) is 0. The fourth-order valence-corrected chi connectivity index (χ4v) is 3.49. The molecule has 0 amide bonds. The Hall–Kier alpha value is -2.15. The molecule has 0 atom stereocenters. The molecule has 0 saturated carbocycles. The average Bonchev–Trinajstić information content (AvgIpc) is 2.54. The molecule has 96 valence electrons. The van der Waals surface area contributed by atoms with Crippen molar-refractivity contribution in [3.8, 4) is 0 Å². The lowest BCUT2D eigenvalue weighted by molar-refractivity contribution is 1.81. The predicted octanol–water partition coefficient (Wildman–Crippen LogP) is 1.01. The minimum atomic E-state index is 1.07. The number of hydrogen-bond acceptors (Lipinski definition) is 0. The smallest absolute Gasteiger partial charge is 0.0883 e. The molecule has 0 aliphatic carbocycles. The van der Waals surface area contributed by atoms with E-state index >= 15 is 0 Å². The van der Waals surface area contributed by atoms with E-state index in [1.165, 1.54) is 43.2 Å². The van der Waals surface area contributed by atoms with Crippen molar-refractivity contribution >= 4 is 66.0 Å². The third-order valence-corrected chi connectivity index (χ3v) is 4.48. The third-order valence-electron chi connectivity index (χ3n) is 4.48. The molecule has 0 heterocycles. The van der Waals surface area contributed by atoms with Crippen LogP contribution in [0.2, 0.25) is 0 Å². The Morgan fingerprint density at radius 1 is 0.667 bits per heavy atom. The first-order valence-electron chi connectivity index (χ1n) is 7.62. The first-order valence-corrected chi connectivity index (χ1v) is 7.62. The minimum Gasteiger partial charge on any atom is -0.0883 e. The number of hydrogen-bond donors (Lipinski definition) is 0. The molecule has 4 aromatic rings. The summed E-state index contributed by atoms with van der Waals surface area (Å²) in [5.74, 6) is 0. The van der Waals surface area contributed by atoms with Crippen molar-refractivity contribution in [1.29, 1.82) is 0 Å². The minimum absolute atomic E-state index is 1.07. The van der Waals surface area contributed by atoms with Gasteiger partial charge in [0.15, 0.2) is 0 Å². The van der Waals surface area contributed by atoms with E-state index in [-0.39, 0.29) is 0 Å². The van der Waals surface area contributed by atoms with Crippen LogP contribution in [0.1, 0.15) is 0 Å². The van der Waals surface area contributed by atoms with Gasteiger partial charge in [-0.3, -0.25) is 0 Å². The largest absolute Gasteiger partial charge is 0.139 e. The SMILES string of the molecule is BBc1cccc2c3ccc(B)cc3c3ccccc3c12. The Morgan fingerprint density at radius 3 is 2.10 bits per heavy atom. The zero-order chi connectivity index (χ0) is 14.4. The Balaban J connectivity index is 2.40. The van der Waals surface area contributed by atoms with Crippen molar-refractivity contribution in [2.75, 3.05) is 0 Å². The van der Waals surface area contributed by atoms with Crippen LogP contribution in [0.15, 0.2) is 60.7 Å². The summed E-state index contributed by atoms with van der Waals surface area (Å²) in [7, 11) is 5.47. The van der Waals surface area contributed by atoms with E-state index in [2.05, 4.69) is 76.2 Å². The molecule has 0 N–H and O–H groups in total. The Kier molecular flexibility index (Phi) is 2.82. The molecule has 0 bridgehead atoms. The molecule has 0 aliphatic rings. The normalized spacial score (nSPS) is 11.2. The predicted molar refractivity (Wildman–Crippen MR) is 102 cm³/mol. The molecule has 0 nitrogen and oxygen atoms in total. The van der Waals surface area contributed by atoms with E-state index in [4.69, 9.17) is 0 Å². The van der Waals surface area contributed by atoms with Gasteiger partial charge in [0.25, 0.3) is 0 Å². The summed E-state index contributed by atoms with van der Waals surface area (Å²) in [5, 5.41) is 8.28. The van der Waals surface area contributed by atoms with Crippen LogP contribution in [0.3, 0.4) is 0 Å². The molecule has 0 aliphatic heterocycles. The molecule has 4 aromatic carbocycles. The first-order chi connectivity index (χ1) is 10.3. The van der Waals surface area contributed by atoms with Gasteiger partial charge < -0.3 is 0 Å². The fourth-order valence-electron chi connectivity index (χ4n) is 3.49. The molecular weight excluding hydrogens is 249 g/mol. The molecule has 21 heavy (non-hydrogen) atoms. The molecule has 3 heteroatoms. The molecule has 0 unspecified atom stereocenters. The highest BCUT2D eigenvalue weighted by Gasteiger charge is 2.10. The Labute approximate surface area is 127 Å². The Morgan fingerprint density at radius 2 is 1.33 bits per heavy atom. The lowest BCUT2D eigenvalue weighted by Crippen LogP contribution is -2.15. The average molecular weight is 264 g/mol. The molecule has 0 radical (unpaired) electrons. The fraction of sp³-hybridized carbons (Fsp3) is 0. The van der Waals surface area contributed by atoms with Gasteiger partial charge in [-0.15, -0.1) is 0 Å². The van der Waals surface area contributed by atoms with Crippen LogP contribution in [0, 0.1) is 0 Å². The van der Waals surface area contributed by atoms with E-state index in [0.29, 0.717) is 0 Å². The van der Waals surface area contributed by atoms with E-state index in [0.717, 1.165) is 7.17 Å². The van der Waals surface area contributed by atoms with Gasteiger partial charge in [0.2, 0.25) is 0 Å². The van der Waals surface area contributed by atoms with Gasteiger partial charge in [-0.1, -0.05) is 71.6 Å². The summed E-state index contributed by atoms with van der Waals surface area (Å²) in [6.45, 7) is 0. The van der Waals surface area contributed by atoms with E-state index < -0.39 is 0 Å². The first kappa shape index (κ1) is 12.6. The van der Waals surface area contributed by atoms with Crippen LogP contribution in [0.25, 0.3) is 32.3 Å². The maximum absolute atomic E-state index is 2.32. The van der Waals surface area contributed by atoms with E-state index in [1.54, 1.807) is 0 Å². The van der Waals surface area contributed by atoms with Crippen molar-refractivity contribution in [3.05, 3.63) is 60.7 Å². The highest BCUT2D eigenvalue weighted by molar-refractivity contribution is 6.98. The van der Waals surface area contributed by atoms with Crippen molar-refractivity contribution in [1.82, 2.24) is 0 Å². The van der Waals surface area contributed by atoms with Gasteiger partial charge in [-0.05, 0) is 32.3 Å². The number of fused-ring (bicyclic) bond motifs is 6. The zero-order valence-electron chi connectivity index (χ0n) is 12.5. The Bertz CT molecular complexity index is 960. The van der Waals surface area contributed by atoms with Crippen LogP contribution in [0.5, 0.6) is 0 Å². The summed E-state index contributed by atoms with van der Waals surface area (Å²) >= 11 is 0. The van der Waals surface area contributed by atoms with E-state index in [1.807, 2.05) is 0 Å². The monoisotopic (exact) mass is 264 g/mol. The summed E-state index contributed by atoms with van der Waals surface area (Å²) in [6, 6.07) is 22.3. The topological polar surface area (TPSA) is 0 Å². The zero-order valence-corrected chi connectivity index (χ0v) is 12.5. The number of benzene rings is 4. The van der Waals surface area contributed by atoms with Crippen LogP contribution < -0.4 is 10.9 Å². The van der Waals surface area contributed by atoms with Crippen LogP contribution in [0.4, 0.5) is 0 Å². The van der Waals surface area contributed by atoms with Gasteiger partial charge in [-0.2, -0.15) is 0 Å².